The third-order valence-corrected chi connectivity index (χ3v) is 6.85. The fourth-order valence-corrected chi connectivity index (χ4v) is 4.26. The van der Waals surface area contributed by atoms with Gasteiger partial charge in [0.25, 0.3) is 34.6 Å². The first kappa shape index (κ1) is 40.5. The first-order valence-electron chi connectivity index (χ1n) is 15.1. The maximum Gasteiger partial charge on any atom is 0.277 e. The van der Waals surface area contributed by atoms with E-state index in [9.17, 15) is 69.2 Å². The summed E-state index contributed by atoms with van der Waals surface area (Å²) >= 11 is 0. The van der Waals surface area contributed by atoms with Gasteiger partial charge in [0.05, 0.1) is 69.1 Å². The summed E-state index contributed by atoms with van der Waals surface area (Å²) < 4.78 is 0. The number of nitro groups is 4. The minimum absolute atomic E-state index is 0.0181. The second-order valence-corrected chi connectivity index (χ2v) is 10.8. The van der Waals surface area contributed by atoms with Crippen molar-refractivity contribution in [3.63, 3.8) is 0 Å². The van der Waals surface area contributed by atoms with Crippen molar-refractivity contribution in [3.8, 4) is 0 Å². The van der Waals surface area contributed by atoms with Crippen LogP contribution in [-0.4, -0.2) is 81.3 Å². The Labute approximate surface area is 301 Å². The van der Waals surface area contributed by atoms with E-state index in [-0.39, 0.29) is 13.1 Å². The zero-order chi connectivity index (χ0) is 39.9. The van der Waals surface area contributed by atoms with Gasteiger partial charge in [-0.05, 0) is 11.1 Å². The molecule has 0 atom stereocenters. The van der Waals surface area contributed by atoms with Gasteiger partial charge < -0.3 is 31.9 Å². The average Bonchev–Trinajstić information content (AvgIpc) is 3.15. The van der Waals surface area contributed by atoms with Gasteiger partial charge in [0.2, 0.25) is 23.6 Å². The fourth-order valence-electron chi connectivity index (χ4n) is 4.26. The lowest BCUT2D eigenvalue weighted by Crippen LogP contribution is -2.42. The molecule has 24 heteroatoms. The molecule has 3 rings (SSSR count). The number of amides is 6. The summed E-state index contributed by atoms with van der Waals surface area (Å²) in [5, 5.41) is 58.0. The van der Waals surface area contributed by atoms with Crippen molar-refractivity contribution >= 4 is 58.2 Å². The molecule has 3 aromatic rings. The molecule has 0 saturated heterocycles. The molecule has 6 amide bonds. The largest absolute Gasteiger partial charge is 0.350 e. The minimum atomic E-state index is -0.997. The van der Waals surface area contributed by atoms with Gasteiger partial charge in [-0.25, -0.2) is 0 Å². The number of nitrogens with zero attached hydrogens (tertiary/aromatic N) is 4. The molecule has 0 spiro atoms. The average molecular weight is 753 g/mol. The van der Waals surface area contributed by atoms with Crippen molar-refractivity contribution in [1.82, 2.24) is 31.9 Å². The van der Waals surface area contributed by atoms with Crippen LogP contribution in [0.25, 0.3) is 0 Å². The molecule has 24 nitrogen and oxygen atoms in total. The predicted octanol–water partition coefficient (Wildman–Crippen LogP) is -0.356. The van der Waals surface area contributed by atoms with Gasteiger partial charge in [0, 0.05) is 37.4 Å². The Morgan fingerprint density at radius 2 is 0.722 bits per heavy atom. The Kier molecular flexibility index (Phi) is 14.2. The van der Waals surface area contributed by atoms with Gasteiger partial charge in [-0.3, -0.25) is 69.2 Å². The van der Waals surface area contributed by atoms with Crippen LogP contribution in [0.4, 0.5) is 22.7 Å². The Morgan fingerprint density at radius 3 is 1.04 bits per heavy atom. The lowest BCUT2D eigenvalue weighted by molar-refractivity contribution is -0.394. The third-order valence-electron chi connectivity index (χ3n) is 6.85. The SMILES string of the molecule is O=C(CNC(=O)CNC(=O)c1cc([N+](=O)[O-])cc([N+](=O)[O-])c1)NCc1cccc(CNC(=O)CNC(=O)CNC(=O)c2cc([N+](=O)[O-])cc([N+](=O)[O-])c2)c1. The molecule has 0 aromatic heterocycles. The van der Waals surface area contributed by atoms with Crippen molar-refractivity contribution in [2.75, 3.05) is 26.2 Å². The van der Waals surface area contributed by atoms with Crippen LogP contribution in [0.2, 0.25) is 0 Å². The molecular formula is C30H28N10O14. The normalized spacial score (nSPS) is 10.2. The summed E-state index contributed by atoms with van der Waals surface area (Å²) in [6.45, 7) is -2.23. The summed E-state index contributed by atoms with van der Waals surface area (Å²) in [5.41, 5.74) is -2.41. The summed E-state index contributed by atoms with van der Waals surface area (Å²) in [4.78, 5) is 114. The Morgan fingerprint density at radius 1 is 0.426 bits per heavy atom. The maximum atomic E-state index is 12.3. The number of rotatable bonds is 18. The first-order valence-corrected chi connectivity index (χ1v) is 15.1. The Balaban J connectivity index is 1.36. The number of benzene rings is 3. The molecule has 0 aliphatic carbocycles. The van der Waals surface area contributed by atoms with E-state index in [0.717, 1.165) is 24.3 Å². The van der Waals surface area contributed by atoms with E-state index < -0.39 is 115 Å². The zero-order valence-electron chi connectivity index (χ0n) is 27.5. The van der Waals surface area contributed by atoms with Crippen LogP contribution in [-0.2, 0) is 32.3 Å². The van der Waals surface area contributed by atoms with E-state index in [2.05, 4.69) is 31.9 Å². The van der Waals surface area contributed by atoms with Crippen molar-refractivity contribution in [2.24, 2.45) is 0 Å². The van der Waals surface area contributed by atoms with Gasteiger partial charge in [-0.2, -0.15) is 0 Å². The Bertz CT molecular complexity index is 1830. The van der Waals surface area contributed by atoms with E-state index >= 15 is 0 Å². The van der Waals surface area contributed by atoms with E-state index in [1.54, 1.807) is 24.3 Å². The molecule has 0 aliphatic rings. The highest BCUT2D eigenvalue weighted by molar-refractivity contribution is 5.98. The fraction of sp³-hybridized carbons (Fsp3) is 0.200. The number of nitro benzene ring substituents is 4. The number of nitrogens with one attached hydrogen (secondary N) is 6. The highest BCUT2D eigenvalue weighted by Crippen LogP contribution is 2.23. The molecule has 0 saturated carbocycles. The molecule has 54 heavy (non-hydrogen) atoms. The lowest BCUT2D eigenvalue weighted by Gasteiger charge is -2.10. The standard InChI is InChI=1S/C30H28N10O14/c41-25(13-33-27(43)15-35-29(45)19-5-21(37(47)48)9-22(6-19)38(49)50)31-11-17-2-1-3-18(4-17)12-32-26(42)14-34-28(44)16-36-30(46)20-7-23(39(51)52)10-24(8-20)40(53)54/h1-10H,11-16H2,(H,31,41)(H,32,42)(H,33,43)(H,34,44)(H,35,45)(H,36,46). The summed E-state index contributed by atoms with van der Waals surface area (Å²) in [5.74, 6) is -4.82. The first-order chi connectivity index (χ1) is 25.5. The van der Waals surface area contributed by atoms with Crippen LogP contribution in [0.5, 0.6) is 0 Å². The number of non-ortho nitro benzene ring substituents is 4. The van der Waals surface area contributed by atoms with Crippen LogP contribution in [0.3, 0.4) is 0 Å². The molecule has 0 fully saturated rings. The van der Waals surface area contributed by atoms with Crippen LogP contribution in [0, 0.1) is 40.5 Å². The van der Waals surface area contributed by atoms with Crippen molar-refractivity contribution in [3.05, 3.63) is 123 Å². The lowest BCUT2D eigenvalue weighted by atomic mass is 10.1. The van der Waals surface area contributed by atoms with Crippen LogP contribution in [0.1, 0.15) is 31.8 Å². The van der Waals surface area contributed by atoms with E-state index in [4.69, 9.17) is 0 Å². The number of carbonyl (C=O) groups excluding carboxylic acids is 6. The van der Waals surface area contributed by atoms with Gasteiger partial charge in [-0.15, -0.1) is 0 Å². The molecule has 0 bridgehead atoms. The van der Waals surface area contributed by atoms with Gasteiger partial charge >= 0.3 is 0 Å². The molecular weight excluding hydrogens is 724 g/mol. The van der Waals surface area contributed by atoms with Crippen LogP contribution in [0.15, 0.2) is 60.7 Å². The molecule has 0 radical (unpaired) electrons. The molecule has 0 aliphatic heterocycles. The van der Waals surface area contributed by atoms with E-state index in [1.165, 1.54) is 0 Å². The van der Waals surface area contributed by atoms with Gasteiger partial charge in [0.15, 0.2) is 0 Å². The maximum absolute atomic E-state index is 12.3. The van der Waals surface area contributed by atoms with Crippen LogP contribution >= 0.6 is 0 Å². The van der Waals surface area contributed by atoms with Gasteiger partial charge in [-0.1, -0.05) is 24.3 Å². The van der Waals surface area contributed by atoms with Crippen molar-refractivity contribution in [2.45, 2.75) is 13.1 Å². The smallest absolute Gasteiger partial charge is 0.277 e. The molecule has 0 heterocycles. The topological polar surface area (TPSA) is 347 Å². The van der Waals surface area contributed by atoms with Crippen molar-refractivity contribution in [1.29, 1.82) is 0 Å². The molecule has 282 valence electrons. The number of hydrogen-bond acceptors (Lipinski definition) is 14. The quantitative estimate of drug-likeness (QED) is 0.0714. The molecule has 3 aromatic carbocycles. The highest BCUT2D eigenvalue weighted by Gasteiger charge is 2.22. The second kappa shape index (κ2) is 18.9. The number of carbonyl (C=O) groups is 6. The van der Waals surface area contributed by atoms with E-state index in [0.29, 0.717) is 23.3 Å². The Hall–Kier alpha value is -7.92. The van der Waals surface area contributed by atoms with Gasteiger partial charge in [0.1, 0.15) is 0 Å². The summed E-state index contributed by atoms with van der Waals surface area (Å²) in [6, 6.07) is 11.2. The minimum Gasteiger partial charge on any atom is -0.350 e. The summed E-state index contributed by atoms with van der Waals surface area (Å²) in [7, 11) is 0. The zero-order valence-corrected chi connectivity index (χ0v) is 27.5. The molecule has 0 unspecified atom stereocenters. The monoisotopic (exact) mass is 752 g/mol. The highest BCUT2D eigenvalue weighted by atomic mass is 16.6. The van der Waals surface area contributed by atoms with Crippen LogP contribution < -0.4 is 31.9 Å². The third kappa shape index (κ3) is 12.8. The summed E-state index contributed by atoms with van der Waals surface area (Å²) in [6.07, 6.45) is 0. The van der Waals surface area contributed by atoms with Crippen molar-refractivity contribution < 1.29 is 48.5 Å². The second-order valence-electron chi connectivity index (χ2n) is 10.8. The molecule has 6 N–H and O–H groups in total. The predicted molar refractivity (Wildman–Crippen MR) is 180 cm³/mol. The van der Waals surface area contributed by atoms with E-state index in [1.807, 2.05) is 0 Å². The number of hydrogen-bond donors (Lipinski definition) is 6.